The molecule has 27 heavy (non-hydrogen) atoms. The number of nitrogens with zero attached hydrogens (tertiary/aromatic N) is 1. The minimum absolute atomic E-state index is 0.144. The van der Waals surface area contributed by atoms with E-state index in [2.05, 4.69) is 21.2 Å². The second-order valence-electron chi connectivity index (χ2n) is 6.21. The minimum atomic E-state index is -0.285. The van der Waals surface area contributed by atoms with E-state index in [0.29, 0.717) is 18.8 Å². The Morgan fingerprint density at radius 2 is 1.78 bits per heavy atom. The molecule has 0 atom stereocenters. The fraction of sp³-hybridized carbons (Fsp3) is 0.0952. The monoisotopic (exact) mass is 442 g/mol. The topological polar surface area (TPSA) is 34.0 Å². The molecule has 0 bridgehead atoms. The van der Waals surface area contributed by atoms with Crippen LogP contribution in [0.2, 0.25) is 0 Å². The molecule has 4 aromatic rings. The number of carbonyl (C=O) groups is 1. The van der Waals surface area contributed by atoms with Gasteiger partial charge in [-0.05, 0) is 51.3 Å². The Bertz CT molecular complexity index is 1090. The Balaban J connectivity index is 1.61. The third-order valence-corrected chi connectivity index (χ3v) is 5.92. The average molecular weight is 443 g/mol. The van der Waals surface area contributed by atoms with Gasteiger partial charge in [0.25, 0.3) is 5.91 Å². The van der Waals surface area contributed by atoms with E-state index in [0.717, 1.165) is 25.1 Å². The smallest absolute Gasteiger partial charge is 0.268 e. The molecular formula is C21H16BrFN2OS. The lowest BCUT2D eigenvalue weighted by atomic mass is 10.2. The molecule has 3 nitrogen and oxygen atoms in total. The molecule has 2 heterocycles. The largest absolute Gasteiger partial charge is 0.347 e. The Morgan fingerprint density at radius 1 is 1.04 bits per heavy atom. The third-order valence-electron chi connectivity index (χ3n) is 4.34. The molecule has 2 aromatic heterocycles. The highest BCUT2D eigenvalue weighted by Gasteiger charge is 2.17. The molecule has 136 valence electrons. The number of fused-ring (bicyclic) bond motifs is 1. The van der Waals surface area contributed by atoms with Crippen molar-refractivity contribution in [3.05, 3.63) is 93.2 Å². The maximum Gasteiger partial charge on any atom is 0.268 e. The highest BCUT2D eigenvalue weighted by molar-refractivity contribution is 9.11. The summed E-state index contributed by atoms with van der Waals surface area (Å²) in [5, 5.41) is 2.94. The first-order valence-corrected chi connectivity index (χ1v) is 10.1. The van der Waals surface area contributed by atoms with Gasteiger partial charge in [0.1, 0.15) is 11.5 Å². The van der Waals surface area contributed by atoms with Gasteiger partial charge < -0.3 is 9.88 Å². The zero-order chi connectivity index (χ0) is 18.8. The van der Waals surface area contributed by atoms with Crippen molar-refractivity contribution in [1.29, 1.82) is 0 Å². The minimum Gasteiger partial charge on any atom is -0.347 e. The molecule has 1 N–H and O–H groups in total. The molecule has 4 rings (SSSR count). The van der Waals surface area contributed by atoms with E-state index in [1.807, 2.05) is 47.0 Å². The Hall–Kier alpha value is -2.44. The van der Waals surface area contributed by atoms with Gasteiger partial charge in [0, 0.05) is 13.1 Å². The highest BCUT2D eigenvalue weighted by atomic mass is 79.9. The van der Waals surface area contributed by atoms with Crippen molar-refractivity contribution in [2.75, 3.05) is 0 Å². The Labute approximate surface area is 168 Å². The number of amides is 1. The first kappa shape index (κ1) is 17.9. The summed E-state index contributed by atoms with van der Waals surface area (Å²) in [4.78, 5) is 12.8. The zero-order valence-corrected chi connectivity index (χ0v) is 16.7. The summed E-state index contributed by atoms with van der Waals surface area (Å²) in [6.45, 7) is 0.972. The van der Waals surface area contributed by atoms with Gasteiger partial charge in [-0.1, -0.05) is 42.5 Å². The zero-order valence-electron chi connectivity index (χ0n) is 14.3. The van der Waals surface area contributed by atoms with Crippen LogP contribution in [0.4, 0.5) is 4.39 Å². The summed E-state index contributed by atoms with van der Waals surface area (Å²) in [6, 6.07) is 20.2. The van der Waals surface area contributed by atoms with Crippen LogP contribution in [0, 0.1) is 5.82 Å². The number of thiophene rings is 1. The van der Waals surface area contributed by atoms with Gasteiger partial charge in [-0.3, -0.25) is 4.79 Å². The first-order chi connectivity index (χ1) is 13.1. The normalized spacial score (nSPS) is 11.0. The van der Waals surface area contributed by atoms with Crippen LogP contribution >= 0.6 is 27.3 Å². The molecule has 0 saturated carbocycles. The molecule has 1 amide bonds. The lowest BCUT2D eigenvalue weighted by molar-refractivity contribution is 0.0942. The maximum absolute atomic E-state index is 13.0. The van der Waals surface area contributed by atoms with Gasteiger partial charge in [-0.25, -0.2) is 4.39 Å². The van der Waals surface area contributed by atoms with Crippen LogP contribution in [0.5, 0.6) is 0 Å². The number of hydrogen-bond donors (Lipinski definition) is 1. The predicted octanol–water partition coefficient (Wildman–Crippen LogP) is 5.58. The second kappa shape index (κ2) is 7.66. The fourth-order valence-corrected chi connectivity index (χ4v) is 4.58. The molecular weight excluding hydrogens is 427 g/mol. The van der Waals surface area contributed by atoms with E-state index < -0.39 is 0 Å². The Morgan fingerprint density at radius 3 is 2.52 bits per heavy atom. The van der Waals surface area contributed by atoms with Crippen LogP contribution in [0.15, 0.2) is 70.5 Å². The lowest BCUT2D eigenvalue weighted by Crippen LogP contribution is -2.25. The third kappa shape index (κ3) is 3.96. The van der Waals surface area contributed by atoms with E-state index in [1.54, 1.807) is 23.5 Å². The summed E-state index contributed by atoms with van der Waals surface area (Å²) in [7, 11) is 0. The molecule has 0 aliphatic carbocycles. The van der Waals surface area contributed by atoms with Crippen LogP contribution in [-0.2, 0) is 13.1 Å². The van der Waals surface area contributed by atoms with Crippen molar-refractivity contribution in [3.8, 4) is 0 Å². The van der Waals surface area contributed by atoms with Gasteiger partial charge in [0.15, 0.2) is 0 Å². The van der Waals surface area contributed by atoms with Gasteiger partial charge in [0.05, 0.1) is 14.0 Å². The predicted molar refractivity (Wildman–Crippen MR) is 111 cm³/mol. The maximum atomic E-state index is 13.0. The molecule has 0 unspecified atom stereocenters. The van der Waals surface area contributed by atoms with E-state index in [-0.39, 0.29) is 11.7 Å². The summed E-state index contributed by atoms with van der Waals surface area (Å²) >= 11 is 5.13. The van der Waals surface area contributed by atoms with E-state index in [1.165, 1.54) is 12.1 Å². The Kier molecular flexibility index (Phi) is 5.09. The first-order valence-electron chi connectivity index (χ1n) is 8.45. The van der Waals surface area contributed by atoms with E-state index in [4.69, 9.17) is 0 Å². The van der Waals surface area contributed by atoms with Crippen molar-refractivity contribution in [2.24, 2.45) is 0 Å². The van der Waals surface area contributed by atoms with Crippen molar-refractivity contribution >= 4 is 43.4 Å². The van der Waals surface area contributed by atoms with Crippen molar-refractivity contribution in [3.63, 3.8) is 0 Å². The molecule has 6 heteroatoms. The molecule has 0 aliphatic heterocycles. The average Bonchev–Trinajstić information content (AvgIpc) is 3.19. The number of nitrogens with one attached hydrogen (secondary N) is 1. The molecule has 0 spiro atoms. The summed E-state index contributed by atoms with van der Waals surface area (Å²) in [6.07, 6.45) is 0. The van der Waals surface area contributed by atoms with Gasteiger partial charge >= 0.3 is 0 Å². The quantitative estimate of drug-likeness (QED) is 0.429. The van der Waals surface area contributed by atoms with E-state index >= 15 is 0 Å². The molecule has 0 fully saturated rings. The standard InChI is InChI=1S/C21H16BrFN2OS/c22-20-11-17-19(27-20)10-18(25(17)13-15-4-2-1-3-5-15)21(26)24-12-14-6-8-16(23)9-7-14/h1-11H,12-13H2,(H,24,26). The van der Waals surface area contributed by atoms with Crippen LogP contribution in [0.3, 0.4) is 0 Å². The van der Waals surface area contributed by atoms with Crippen LogP contribution < -0.4 is 5.32 Å². The molecule has 2 aromatic carbocycles. The number of aromatic nitrogens is 1. The van der Waals surface area contributed by atoms with E-state index in [9.17, 15) is 9.18 Å². The van der Waals surface area contributed by atoms with Crippen LogP contribution in [0.25, 0.3) is 10.2 Å². The highest BCUT2D eigenvalue weighted by Crippen LogP contribution is 2.33. The van der Waals surface area contributed by atoms with Gasteiger partial charge in [0.2, 0.25) is 0 Å². The SMILES string of the molecule is O=C(NCc1ccc(F)cc1)c1cc2sc(Br)cc2n1Cc1ccccc1. The second-order valence-corrected chi connectivity index (χ2v) is 8.67. The molecule has 0 radical (unpaired) electrons. The van der Waals surface area contributed by atoms with Crippen LogP contribution in [0.1, 0.15) is 21.6 Å². The van der Waals surface area contributed by atoms with Gasteiger partial charge in [-0.15, -0.1) is 11.3 Å². The summed E-state index contributed by atoms with van der Waals surface area (Å²) in [5.41, 5.74) is 3.64. The van der Waals surface area contributed by atoms with Crippen molar-refractivity contribution in [1.82, 2.24) is 9.88 Å². The number of hydrogen-bond acceptors (Lipinski definition) is 2. The molecule has 0 aliphatic rings. The number of carbonyl (C=O) groups excluding carboxylic acids is 1. The van der Waals surface area contributed by atoms with Crippen LogP contribution in [-0.4, -0.2) is 10.5 Å². The number of rotatable bonds is 5. The number of benzene rings is 2. The summed E-state index contributed by atoms with van der Waals surface area (Å²) in [5.74, 6) is -0.428. The van der Waals surface area contributed by atoms with Crippen molar-refractivity contribution < 1.29 is 9.18 Å². The number of halogens is 2. The van der Waals surface area contributed by atoms with Gasteiger partial charge in [-0.2, -0.15) is 0 Å². The lowest BCUT2D eigenvalue weighted by Gasteiger charge is -2.11. The summed E-state index contributed by atoms with van der Waals surface area (Å²) < 4.78 is 17.2. The van der Waals surface area contributed by atoms with Crippen molar-refractivity contribution in [2.45, 2.75) is 13.1 Å². The fourth-order valence-electron chi connectivity index (χ4n) is 3.01. The molecule has 0 saturated heterocycles.